The first kappa shape index (κ1) is 11.3. The van der Waals surface area contributed by atoms with Gasteiger partial charge in [0.2, 0.25) is 5.91 Å². The van der Waals surface area contributed by atoms with Crippen molar-refractivity contribution in [1.29, 1.82) is 0 Å². The molecule has 0 aliphatic carbocycles. The second-order valence-corrected chi connectivity index (χ2v) is 3.63. The van der Waals surface area contributed by atoms with E-state index in [-0.39, 0.29) is 5.91 Å². The van der Waals surface area contributed by atoms with Crippen molar-refractivity contribution in [3.05, 3.63) is 30.1 Å². The zero-order valence-corrected chi connectivity index (χ0v) is 9.73. The molecule has 88 valence electrons. The highest BCUT2D eigenvalue weighted by Crippen LogP contribution is 2.19. The molecule has 1 N–H and O–H groups in total. The highest BCUT2D eigenvalue weighted by molar-refractivity contribution is 5.88. The number of nitrogens with one attached hydrogen (secondary N) is 1. The maximum absolute atomic E-state index is 10.9. The smallest absolute Gasteiger partial charge is 0.257 e. The number of amides is 1. The lowest BCUT2D eigenvalue weighted by Gasteiger charge is -2.01. The van der Waals surface area contributed by atoms with Crippen LogP contribution in [0.5, 0.6) is 0 Å². The van der Waals surface area contributed by atoms with Gasteiger partial charge in [-0.2, -0.15) is 4.98 Å². The lowest BCUT2D eigenvalue weighted by atomic mass is 10.2. The van der Waals surface area contributed by atoms with Gasteiger partial charge in [-0.05, 0) is 24.3 Å². The Kier molecular flexibility index (Phi) is 3.18. The van der Waals surface area contributed by atoms with E-state index in [1.54, 1.807) is 12.1 Å². The highest BCUT2D eigenvalue weighted by atomic mass is 16.5. The summed E-state index contributed by atoms with van der Waals surface area (Å²) in [6.45, 7) is 3.44. The molecule has 0 aliphatic rings. The summed E-state index contributed by atoms with van der Waals surface area (Å²) in [5.41, 5.74) is 1.59. The van der Waals surface area contributed by atoms with Gasteiger partial charge in [0.1, 0.15) is 0 Å². The molecule has 0 bridgehead atoms. The first-order chi connectivity index (χ1) is 8.19. The Bertz CT molecular complexity index is 517. The SMILES string of the molecule is CCc1noc(-c2ccc(NC(C)=O)cc2)n1. The van der Waals surface area contributed by atoms with Crippen LogP contribution in [0.15, 0.2) is 28.8 Å². The number of aryl methyl sites for hydroxylation is 1. The van der Waals surface area contributed by atoms with Crippen LogP contribution in [-0.2, 0) is 11.2 Å². The summed E-state index contributed by atoms with van der Waals surface area (Å²) >= 11 is 0. The summed E-state index contributed by atoms with van der Waals surface area (Å²) in [6.07, 6.45) is 0.744. The van der Waals surface area contributed by atoms with Gasteiger partial charge in [-0.1, -0.05) is 12.1 Å². The van der Waals surface area contributed by atoms with Crippen LogP contribution < -0.4 is 5.32 Å². The maximum atomic E-state index is 10.9. The van der Waals surface area contributed by atoms with Crippen LogP contribution in [0.25, 0.3) is 11.5 Å². The fourth-order valence-corrected chi connectivity index (χ4v) is 1.41. The Labute approximate surface area is 98.8 Å². The number of carbonyl (C=O) groups excluding carboxylic acids is 1. The van der Waals surface area contributed by atoms with Gasteiger partial charge in [-0.15, -0.1) is 0 Å². The number of carbonyl (C=O) groups is 1. The van der Waals surface area contributed by atoms with Gasteiger partial charge in [0.25, 0.3) is 5.89 Å². The van der Waals surface area contributed by atoms with Crippen LogP contribution >= 0.6 is 0 Å². The molecule has 2 aromatic rings. The molecule has 0 aliphatic heterocycles. The molecule has 0 radical (unpaired) electrons. The summed E-state index contributed by atoms with van der Waals surface area (Å²) in [5.74, 6) is 1.09. The van der Waals surface area contributed by atoms with E-state index in [9.17, 15) is 4.79 Å². The first-order valence-electron chi connectivity index (χ1n) is 5.39. The lowest BCUT2D eigenvalue weighted by molar-refractivity contribution is -0.114. The van der Waals surface area contributed by atoms with Crippen molar-refractivity contribution in [2.75, 3.05) is 5.32 Å². The van der Waals surface area contributed by atoms with Gasteiger partial charge in [-0.25, -0.2) is 0 Å². The molecule has 1 aromatic heterocycles. The Morgan fingerprint density at radius 2 is 2.06 bits per heavy atom. The molecule has 0 saturated carbocycles. The summed E-state index contributed by atoms with van der Waals surface area (Å²) in [6, 6.07) is 7.26. The van der Waals surface area contributed by atoms with Crippen molar-refractivity contribution in [3.8, 4) is 11.5 Å². The van der Waals surface area contributed by atoms with Gasteiger partial charge >= 0.3 is 0 Å². The molecule has 17 heavy (non-hydrogen) atoms. The summed E-state index contributed by atoms with van der Waals surface area (Å²) in [5, 5.41) is 6.52. The zero-order valence-electron chi connectivity index (χ0n) is 9.73. The number of benzene rings is 1. The number of anilines is 1. The summed E-state index contributed by atoms with van der Waals surface area (Å²) in [4.78, 5) is 15.1. The van der Waals surface area contributed by atoms with E-state index >= 15 is 0 Å². The molecule has 0 unspecified atom stereocenters. The second kappa shape index (κ2) is 4.78. The van der Waals surface area contributed by atoms with Gasteiger partial charge < -0.3 is 9.84 Å². The second-order valence-electron chi connectivity index (χ2n) is 3.63. The molecule has 2 rings (SSSR count). The van der Waals surface area contributed by atoms with Crippen molar-refractivity contribution in [2.45, 2.75) is 20.3 Å². The summed E-state index contributed by atoms with van der Waals surface area (Å²) < 4.78 is 5.11. The predicted octanol–water partition coefficient (Wildman–Crippen LogP) is 2.26. The molecule has 5 nitrogen and oxygen atoms in total. The third-order valence-corrected chi connectivity index (χ3v) is 2.24. The van der Waals surface area contributed by atoms with Gasteiger partial charge in [-0.3, -0.25) is 4.79 Å². The van der Waals surface area contributed by atoms with Crippen molar-refractivity contribution in [2.24, 2.45) is 0 Å². The minimum absolute atomic E-state index is 0.0937. The molecule has 1 aromatic carbocycles. The number of hydrogen-bond acceptors (Lipinski definition) is 4. The average molecular weight is 231 g/mol. The topological polar surface area (TPSA) is 68.0 Å². The predicted molar refractivity (Wildman–Crippen MR) is 63.4 cm³/mol. The van der Waals surface area contributed by atoms with Gasteiger partial charge in [0.15, 0.2) is 5.82 Å². The Balaban J connectivity index is 2.19. The van der Waals surface area contributed by atoms with Crippen LogP contribution in [0.3, 0.4) is 0 Å². The molecular formula is C12H13N3O2. The van der Waals surface area contributed by atoms with Crippen LogP contribution in [0.4, 0.5) is 5.69 Å². The maximum Gasteiger partial charge on any atom is 0.257 e. The largest absolute Gasteiger partial charge is 0.334 e. The highest BCUT2D eigenvalue weighted by Gasteiger charge is 2.07. The van der Waals surface area contributed by atoms with Crippen LogP contribution in [0.2, 0.25) is 0 Å². The Morgan fingerprint density at radius 3 is 2.59 bits per heavy atom. The average Bonchev–Trinajstić information content (AvgIpc) is 2.78. The van der Waals surface area contributed by atoms with Crippen molar-refractivity contribution < 1.29 is 9.32 Å². The normalized spacial score (nSPS) is 10.2. The molecule has 0 saturated heterocycles. The molecule has 0 atom stereocenters. The number of nitrogens with zero attached hydrogens (tertiary/aromatic N) is 2. The van der Waals surface area contributed by atoms with Crippen molar-refractivity contribution >= 4 is 11.6 Å². The van der Waals surface area contributed by atoms with E-state index in [2.05, 4.69) is 15.5 Å². The molecule has 1 amide bonds. The molecule has 1 heterocycles. The lowest BCUT2D eigenvalue weighted by Crippen LogP contribution is -2.05. The minimum atomic E-state index is -0.0937. The molecule has 0 spiro atoms. The standard InChI is InChI=1S/C12H13N3O2/c1-3-11-14-12(17-15-11)9-4-6-10(7-5-9)13-8(2)16/h4-7H,3H2,1-2H3,(H,13,16). The van der Waals surface area contributed by atoms with E-state index in [0.717, 1.165) is 17.7 Å². The molecule has 5 heteroatoms. The van der Waals surface area contributed by atoms with Gasteiger partial charge in [0.05, 0.1) is 0 Å². The summed E-state index contributed by atoms with van der Waals surface area (Å²) in [7, 11) is 0. The van der Waals surface area contributed by atoms with Crippen molar-refractivity contribution in [1.82, 2.24) is 10.1 Å². The van der Waals surface area contributed by atoms with Gasteiger partial charge in [0, 0.05) is 24.6 Å². The zero-order chi connectivity index (χ0) is 12.3. The van der Waals surface area contributed by atoms with E-state index in [1.165, 1.54) is 6.92 Å². The minimum Gasteiger partial charge on any atom is -0.334 e. The number of aromatic nitrogens is 2. The number of rotatable bonds is 3. The number of hydrogen-bond donors (Lipinski definition) is 1. The van der Waals surface area contributed by atoms with Crippen LogP contribution in [0.1, 0.15) is 19.7 Å². The Morgan fingerprint density at radius 1 is 1.35 bits per heavy atom. The fourth-order valence-electron chi connectivity index (χ4n) is 1.41. The van der Waals surface area contributed by atoms with Crippen LogP contribution in [-0.4, -0.2) is 16.0 Å². The van der Waals surface area contributed by atoms with E-state index < -0.39 is 0 Å². The Hall–Kier alpha value is -2.17. The van der Waals surface area contributed by atoms with E-state index in [0.29, 0.717) is 11.7 Å². The third kappa shape index (κ3) is 2.69. The van der Waals surface area contributed by atoms with Crippen molar-refractivity contribution in [3.63, 3.8) is 0 Å². The van der Waals surface area contributed by atoms with E-state index in [4.69, 9.17) is 4.52 Å². The van der Waals surface area contributed by atoms with E-state index in [1.807, 2.05) is 19.1 Å². The first-order valence-corrected chi connectivity index (χ1v) is 5.39. The quantitative estimate of drug-likeness (QED) is 0.879. The monoisotopic (exact) mass is 231 g/mol. The fraction of sp³-hybridized carbons (Fsp3) is 0.250. The van der Waals surface area contributed by atoms with Crippen LogP contribution in [0, 0.1) is 0 Å². The third-order valence-electron chi connectivity index (χ3n) is 2.24. The molecule has 0 fully saturated rings. The molecular weight excluding hydrogens is 218 g/mol.